The zero-order valence-electron chi connectivity index (χ0n) is 16.5. The second-order valence-electron chi connectivity index (χ2n) is 7.29. The van der Waals surface area contributed by atoms with Gasteiger partial charge in [0.25, 0.3) is 11.8 Å². The molecule has 4 aromatic rings. The molecule has 9 heteroatoms. The van der Waals surface area contributed by atoms with Crippen LogP contribution in [0, 0.1) is 11.6 Å². The van der Waals surface area contributed by atoms with E-state index in [2.05, 4.69) is 15.2 Å². The van der Waals surface area contributed by atoms with Gasteiger partial charge in [-0.25, -0.2) is 8.78 Å². The van der Waals surface area contributed by atoms with Crippen molar-refractivity contribution in [3.8, 4) is 23.0 Å². The van der Waals surface area contributed by atoms with Crippen LogP contribution in [0.5, 0.6) is 0 Å². The highest BCUT2D eigenvalue weighted by Gasteiger charge is 2.30. The van der Waals surface area contributed by atoms with Crippen molar-refractivity contribution in [3.05, 3.63) is 77.0 Å². The molecule has 1 aliphatic rings. The van der Waals surface area contributed by atoms with Gasteiger partial charge < -0.3 is 9.42 Å². The summed E-state index contributed by atoms with van der Waals surface area (Å²) in [5.41, 5.74) is 2.68. The number of nitrogens with zero attached hydrogens (tertiary/aromatic N) is 5. The Kier molecular flexibility index (Phi) is 4.58. The predicted octanol–water partition coefficient (Wildman–Crippen LogP) is 3.61. The minimum absolute atomic E-state index is 0.0302. The number of benzene rings is 2. The van der Waals surface area contributed by atoms with Gasteiger partial charge in [0.2, 0.25) is 5.82 Å². The van der Waals surface area contributed by atoms with Crippen LogP contribution in [0.1, 0.15) is 21.6 Å². The van der Waals surface area contributed by atoms with Crippen LogP contribution in [-0.4, -0.2) is 37.3 Å². The monoisotopic (exact) mass is 421 g/mol. The van der Waals surface area contributed by atoms with E-state index >= 15 is 0 Å². The lowest BCUT2D eigenvalue weighted by molar-refractivity contribution is 0.0729. The van der Waals surface area contributed by atoms with E-state index < -0.39 is 11.6 Å². The molecular weight excluding hydrogens is 404 g/mol. The number of carbonyl (C=O) groups excluding carboxylic acids is 1. The fourth-order valence-electron chi connectivity index (χ4n) is 3.81. The number of hydrogen-bond donors (Lipinski definition) is 0. The topological polar surface area (TPSA) is 77.1 Å². The first-order valence-electron chi connectivity index (χ1n) is 9.70. The molecule has 31 heavy (non-hydrogen) atoms. The van der Waals surface area contributed by atoms with Crippen LogP contribution in [0.2, 0.25) is 0 Å². The molecule has 2 aromatic heterocycles. The van der Waals surface area contributed by atoms with E-state index in [9.17, 15) is 13.6 Å². The van der Waals surface area contributed by atoms with Crippen molar-refractivity contribution in [2.75, 3.05) is 6.54 Å². The van der Waals surface area contributed by atoms with E-state index in [-0.39, 0.29) is 29.7 Å². The van der Waals surface area contributed by atoms with Crippen molar-refractivity contribution in [2.24, 2.45) is 7.05 Å². The SMILES string of the molecule is Cn1nc(-c2nc(-c3cccc(F)c3)no2)c2c1CCN(C(=O)c1ccccc1F)C2. The number of hydrogen-bond acceptors (Lipinski definition) is 5. The first-order valence-corrected chi connectivity index (χ1v) is 9.70. The van der Waals surface area contributed by atoms with E-state index in [4.69, 9.17) is 4.52 Å². The summed E-state index contributed by atoms with van der Waals surface area (Å²) in [6.07, 6.45) is 0.559. The van der Waals surface area contributed by atoms with Gasteiger partial charge in [0.15, 0.2) is 5.69 Å². The van der Waals surface area contributed by atoms with Crippen molar-refractivity contribution >= 4 is 5.91 Å². The molecular formula is C22H17F2N5O2. The molecule has 0 spiro atoms. The number of rotatable bonds is 3. The highest BCUT2D eigenvalue weighted by atomic mass is 19.1. The molecule has 0 bridgehead atoms. The number of halogens is 2. The van der Waals surface area contributed by atoms with Crippen LogP contribution in [-0.2, 0) is 20.0 Å². The van der Waals surface area contributed by atoms with E-state index in [1.165, 1.54) is 24.3 Å². The summed E-state index contributed by atoms with van der Waals surface area (Å²) in [7, 11) is 1.81. The normalized spacial score (nSPS) is 13.3. The van der Waals surface area contributed by atoms with Crippen LogP contribution < -0.4 is 0 Å². The van der Waals surface area contributed by atoms with Gasteiger partial charge in [-0.3, -0.25) is 9.48 Å². The van der Waals surface area contributed by atoms with E-state index in [1.807, 2.05) is 0 Å². The Morgan fingerprint density at radius 3 is 2.77 bits per heavy atom. The molecule has 0 saturated carbocycles. The molecule has 1 aliphatic heterocycles. The molecule has 2 aromatic carbocycles. The van der Waals surface area contributed by atoms with E-state index in [1.54, 1.807) is 40.9 Å². The molecule has 3 heterocycles. The Hall–Kier alpha value is -3.88. The molecule has 156 valence electrons. The van der Waals surface area contributed by atoms with Crippen LogP contribution in [0.4, 0.5) is 8.78 Å². The molecule has 5 rings (SSSR count). The maximum Gasteiger partial charge on any atom is 0.279 e. The fraction of sp³-hybridized carbons (Fsp3) is 0.182. The smallest absolute Gasteiger partial charge is 0.279 e. The first-order chi connectivity index (χ1) is 15.0. The zero-order valence-corrected chi connectivity index (χ0v) is 16.5. The average molecular weight is 421 g/mol. The van der Waals surface area contributed by atoms with E-state index in [0.717, 1.165) is 11.3 Å². The van der Waals surface area contributed by atoms with Gasteiger partial charge in [-0.15, -0.1) is 0 Å². The Morgan fingerprint density at radius 2 is 1.97 bits per heavy atom. The Bertz CT molecular complexity index is 1300. The van der Waals surface area contributed by atoms with Gasteiger partial charge >= 0.3 is 0 Å². The molecule has 0 N–H and O–H groups in total. The second-order valence-corrected chi connectivity index (χ2v) is 7.29. The maximum atomic E-state index is 14.1. The van der Waals surface area contributed by atoms with E-state index in [0.29, 0.717) is 24.2 Å². The lowest BCUT2D eigenvalue weighted by Gasteiger charge is -2.27. The van der Waals surface area contributed by atoms with Gasteiger partial charge in [0.05, 0.1) is 12.1 Å². The number of aromatic nitrogens is 4. The van der Waals surface area contributed by atoms with Crippen molar-refractivity contribution in [1.82, 2.24) is 24.8 Å². The molecule has 1 amide bonds. The average Bonchev–Trinajstić information content (AvgIpc) is 3.38. The quantitative estimate of drug-likeness (QED) is 0.505. The van der Waals surface area contributed by atoms with Crippen molar-refractivity contribution in [3.63, 3.8) is 0 Å². The van der Waals surface area contributed by atoms with Crippen LogP contribution in [0.3, 0.4) is 0 Å². The second kappa shape index (κ2) is 7.42. The Balaban J connectivity index is 1.48. The third-order valence-corrected chi connectivity index (χ3v) is 5.35. The van der Waals surface area contributed by atoms with Gasteiger partial charge in [0, 0.05) is 36.8 Å². The fourth-order valence-corrected chi connectivity index (χ4v) is 3.81. The van der Waals surface area contributed by atoms with Gasteiger partial charge in [0.1, 0.15) is 11.6 Å². The molecule has 0 radical (unpaired) electrons. The van der Waals surface area contributed by atoms with Crippen molar-refractivity contribution in [2.45, 2.75) is 13.0 Å². The minimum atomic E-state index is -0.554. The highest BCUT2D eigenvalue weighted by Crippen LogP contribution is 2.31. The molecule has 0 unspecified atom stereocenters. The molecule has 0 fully saturated rings. The molecule has 7 nitrogen and oxygen atoms in total. The standard InChI is InChI=1S/C22H17F2N5O2/c1-28-18-9-10-29(22(30)15-7-2-3-8-17(15)24)12-16(18)19(26-28)21-25-20(27-31-21)13-5-4-6-14(23)11-13/h2-8,11H,9-10,12H2,1H3. The van der Waals surface area contributed by atoms with Crippen LogP contribution >= 0.6 is 0 Å². The number of aryl methyl sites for hydroxylation is 1. The summed E-state index contributed by atoms with van der Waals surface area (Å²) in [5, 5.41) is 8.45. The lowest BCUT2D eigenvalue weighted by atomic mass is 10.0. The highest BCUT2D eigenvalue weighted by molar-refractivity contribution is 5.94. The van der Waals surface area contributed by atoms with Crippen LogP contribution in [0.15, 0.2) is 53.1 Å². The number of fused-ring (bicyclic) bond motifs is 1. The summed E-state index contributed by atoms with van der Waals surface area (Å²) >= 11 is 0. The minimum Gasteiger partial charge on any atom is -0.334 e. The lowest BCUT2D eigenvalue weighted by Crippen LogP contribution is -2.36. The third kappa shape index (κ3) is 3.37. The predicted molar refractivity (Wildman–Crippen MR) is 107 cm³/mol. The Labute approximate surface area is 175 Å². The van der Waals surface area contributed by atoms with Gasteiger partial charge in [-0.2, -0.15) is 10.1 Å². The molecule has 0 atom stereocenters. The number of carbonyl (C=O) groups is 1. The van der Waals surface area contributed by atoms with Crippen molar-refractivity contribution in [1.29, 1.82) is 0 Å². The Morgan fingerprint density at radius 1 is 1.13 bits per heavy atom. The summed E-state index contributed by atoms with van der Waals surface area (Å²) in [4.78, 5) is 18.8. The van der Waals surface area contributed by atoms with Crippen molar-refractivity contribution < 1.29 is 18.1 Å². The maximum absolute atomic E-state index is 14.1. The summed E-state index contributed by atoms with van der Waals surface area (Å²) in [6, 6.07) is 11.8. The van der Waals surface area contributed by atoms with Gasteiger partial charge in [-0.05, 0) is 24.3 Å². The summed E-state index contributed by atoms with van der Waals surface area (Å²) in [6.45, 7) is 0.681. The zero-order chi connectivity index (χ0) is 21.5. The van der Waals surface area contributed by atoms with Gasteiger partial charge in [-0.1, -0.05) is 29.4 Å². The molecule has 0 saturated heterocycles. The van der Waals surface area contributed by atoms with Crippen LogP contribution in [0.25, 0.3) is 23.0 Å². The number of amides is 1. The third-order valence-electron chi connectivity index (χ3n) is 5.35. The largest absolute Gasteiger partial charge is 0.334 e. The summed E-state index contributed by atoms with van der Waals surface area (Å²) < 4.78 is 34.8. The molecule has 0 aliphatic carbocycles. The summed E-state index contributed by atoms with van der Waals surface area (Å²) in [5.74, 6) is -0.924. The first kappa shape index (κ1) is 19.1.